The van der Waals surface area contributed by atoms with Crippen LogP contribution in [0.2, 0.25) is 0 Å². The van der Waals surface area contributed by atoms with Crippen LogP contribution in [0.1, 0.15) is 6.92 Å². The highest BCUT2D eigenvalue weighted by atomic mass is 79.9. The van der Waals surface area contributed by atoms with Crippen LogP contribution in [-0.2, 0) is 0 Å². The fraction of sp³-hybridized carbons (Fsp3) is 0.364. The van der Waals surface area contributed by atoms with Gasteiger partial charge in [-0.2, -0.15) is 0 Å². The van der Waals surface area contributed by atoms with E-state index in [0.29, 0.717) is 6.54 Å². The summed E-state index contributed by atoms with van der Waals surface area (Å²) in [7, 11) is 1.58. The number of amides is 2. The first-order valence-electron chi connectivity index (χ1n) is 4.99. The number of hydrogen-bond donors (Lipinski definition) is 2. The molecule has 5 heteroatoms. The van der Waals surface area contributed by atoms with Gasteiger partial charge in [-0.15, -0.1) is 0 Å². The first-order valence-corrected chi connectivity index (χ1v) is 5.79. The van der Waals surface area contributed by atoms with E-state index in [4.69, 9.17) is 4.74 Å². The Kier molecular flexibility index (Phi) is 5.11. The number of benzene rings is 1. The Morgan fingerprint density at radius 1 is 1.56 bits per heavy atom. The summed E-state index contributed by atoms with van der Waals surface area (Å²) in [6, 6.07) is 7.39. The second-order valence-electron chi connectivity index (χ2n) is 3.35. The van der Waals surface area contributed by atoms with Crippen molar-refractivity contribution < 1.29 is 9.53 Å². The van der Waals surface area contributed by atoms with Gasteiger partial charge in [0.1, 0.15) is 11.9 Å². The lowest BCUT2D eigenvalue weighted by Gasteiger charge is -2.15. The monoisotopic (exact) mass is 286 g/mol. The standard InChI is InChI=1S/C11H15BrN2O2/c1-8(7-14-11(15)13-2)16-10-5-3-4-9(12)6-10/h3-6,8H,7H2,1-2H3,(H2,13,14,15). The lowest BCUT2D eigenvalue weighted by atomic mass is 10.3. The number of urea groups is 1. The zero-order valence-electron chi connectivity index (χ0n) is 9.29. The summed E-state index contributed by atoms with van der Waals surface area (Å²) >= 11 is 3.37. The molecule has 4 nitrogen and oxygen atoms in total. The summed E-state index contributed by atoms with van der Waals surface area (Å²) in [5.41, 5.74) is 0. The number of ether oxygens (including phenoxy) is 1. The summed E-state index contributed by atoms with van der Waals surface area (Å²) in [5, 5.41) is 5.16. The molecule has 1 atom stereocenters. The van der Waals surface area contributed by atoms with E-state index < -0.39 is 0 Å². The van der Waals surface area contributed by atoms with Crippen LogP contribution in [0.15, 0.2) is 28.7 Å². The molecule has 1 unspecified atom stereocenters. The van der Waals surface area contributed by atoms with Crippen LogP contribution in [0.3, 0.4) is 0 Å². The molecular weight excluding hydrogens is 272 g/mol. The van der Waals surface area contributed by atoms with Gasteiger partial charge in [0, 0.05) is 11.5 Å². The third-order valence-corrected chi connectivity index (χ3v) is 2.40. The molecule has 0 radical (unpaired) electrons. The van der Waals surface area contributed by atoms with Crippen LogP contribution in [0, 0.1) is 0 Å². The van der Waals surface area contributed by atoms with Gasteiger partial charge in [-0.1, -0.05) is 22.0 Å². The van der Waals surface area contributed by atoms with Gasteiger partial charge >= 0.3 is 6.03 Å². The predicted molar refractivity (Wildman–Crippen MR) is 66.7 cm³/mol. The number of nitrogens with one attached hydrogen (secondary N) is 2. The molecule has 0 fully saturated rings. The molecular formula is C11H15BrN2O2. The van der Waals surface area contributed by atoms with E-state index in [-0.39, 0.29) is 12.1 Å². The molecule has 1 rings (SSSR count). The van der Waals surface area contributed by atoms with Crippen LogP contribution < -0.4 is 15.4 Å². The van der Waals surface area contributed by atoms with Gasteiger partial charge in [0.2, 0.25) is 0 Å². The predicted octanol–water partition coefficient (Wildman–Crippen LogP) is 2.15. The Balaban J connectivity index is 2.39. The quantitative estimate of drug-likeness (QED) is 0.891. The van der Waals surface area contributed by atoms with E-state index >= 15 is 0 Å². The Hall–Kier alpha value is -1.23. The largest absolute Gasteiger partial charge is 0.489 e. The van der Waals surface area contributed by atoms with Gasteiger partial charge in [-0.05, 0) is 25.1 Å². The smallest absolute Gasteiger partial charge is 0.314 e. The van der Waals surface area contributed by atoms with Crippen molar-refractivity contribution >= 4 is 22.0 Å². The number of rotatable bonds is 4. The van der Waals surface area contributed by atoms with Crippen molar-refractivity contribution in [1.82, 2.24) is 10.6 Å². The topological polar surface area (TPSA) is 50.4 Å². The molecule has 0 spiro atoms. The zero-order valence-corrected chi connectivity index (χ0v) is 10.9. The lowest BCUT2D eigenvalue weighted by Crippen LogP contribution is -2.38. The molecule has 16 heavy (non-hydrogen) atoms. The van der Waals surface area contributed by atoms with E-state index in [1.165, 1.54) is 0 Å². The molecule has 0 aliphatic heterocycles. The molecule has 0 aromatic heterocycles. The first kappa shape index (κ1) is 12.8. The highest BCUT2D eigenvalue weighted by Gasteiger charge is 2.05. The van der Waals surface area contributed by atoms with E-state index in [0.717, 1.165) is 10.2 Å². The Bertz CT molecular complexity index is 358. The van der Waals surface area contributed by atoms with Crippen molar-refractivity contribution in [2.75, 3.05) is 13.6 Å². The average molecular weight is 287 g/mol. The molecule has 0 saturated carbocycles. The SMILES string of the molecule is CNC(=O)NCC(C)Oc1cccc(Br)c1. The van der Waals surface area contributed by atoms with Gasteiger partial charge in [0.05, 0.1) is 6.54 Å². The van der Waals surface area contributed by atoms with Gasteiger partial charge in [-0.25, -0.2) is 4.79 Å². The maximum absolute atomic E-state index is 10.9. The Morgan fingerprint density at radius 2 is 2.31 bits per heavy atom. The minimum atomic E-state index is -0.204. The molecule has 0 bridgehead atoms. The van der Waals surface area contributed by atoms with E-state index in [1.807, 2.05) is 31.2 Å². The minimum absolute atomic E-state index is 0.0772. The highest BCUT2D eigenvalue weighted by Crippen LogP contribution is 2.18. The van der Waals surface area contributed by atoms with Gasteiger partial charge < -0.3 is 15.4 Å². The van der Waals surface area contributed by atoms with E-state index in [2.05, 4.69) is 26.6 Å². The van der Waals surface area contributed by atoms with Crippen molar-refractivity contribution in [2.24, 2.45) is 0 Å². The lowest BCUT2D eigenvalue weighted by molar-refractivity contribution is 0.208. The summed E-state index contributed by atoms with van der Waals surface area (Å²) < 4.78 is 6.59. The highest BCUT2D eigenvalue weighted by molar-refractivity contribution is 9.10. The molecule has 1 aromatic rings. The number of halogens is 1. The van der Waals surface area contributed by atoms with Crippen molar-refractivity contribution in [3.8, 4) is 5.75 Å². The summed E-state index contributed by atoms with van der Waals surface area (Å²) in [6.07, 6.45) is -0.0772. The second kappa shape index (κ2) is 6.37. The molecule has 0 aliphatic rings. The number of hydrogen-bond acceptors (Lipinski definition) is 2. The summed E-state index contributed by atoms with van der Waals surface area (Å²) in [6.45, 7) is 2.36. The maximum atomic E-state index is 10.9. The first-order chi connectivity index (χ1) is 7.61. The Labute approximate surface area is 103 Å². The van der Waals surface area contributed by atoms with Crippen LogP contribution in [-0.4, -0.2) is 25.7 Å². The fourth-order valence-electron chi connectivity index (χ4n) is 1.14. The molecule has 0 saturated heterocycles. The van der Waals surface area contributed by atoms with Crippen LogP contribution in [0.5, 0.6) is 5.75 Å². The van der Waals surface area contributed by atoms with Gasteiger partial charge in [0.25, 0.3) is 0 Å². The van der Waals surface area contributed by atoms with E-state index in [9.17, 15) is 4.79 Å². The molecule has 88 valence electrons. The van der Waals surface area contributed by atoms with Gasteiger partial charge in [-0.3, -0.25) is 0 Å². The van der Waals surface area contributed by atoms with Crippen LogP contribution >= 0.6 is 15.9 Å². The van der Waals surface area contributed by atoms with Crippen molar-refractivity contribution in [3.05, 3.63) is 28.7 Å². The number of carbonyl (C=O) groups is 1. The maximum Gasteiger partial charge on any atom is 0.314 e. The third kappa shape index (κ3) is 4.53. The second-order valence-corrected chi connectivity index (χ2v) is 4.26. The zero-order chi connectivity index (χ0) is 12.0. The fourth-order valence-corrected chi connectivity index (χ4v) is 1.52. The van der Waals surface area contributed by atoms with Crippen LogP contribution in [0.25, 0.3) is 0 Å². The molecule has 1 aromatic carbocycles. The van der Waals surface area contributed by atoms with Crippen LogP contribution in [0.4, 0.5) is 4.79 Å². The molecule has 2 N–H and O–H groups in total. The van der Waals surface area contributed by atoms with Crippen molar-refractivity contribution in [3.63, 3.8) is 0 Å². The molecule has 0 aliphatic carbocycles. The van der Waals surface area contributed by atoms with Crippen molar-refractivity contribution in [2.45, 2.75) is 13.0 Å². The minimum Gasteiger partial charge on any atom is -0.489 e. The summed E-state index contributed by atoms with van der Waals surface area (Å²) in [4.78, 5) is 10.9. The van der Waals surface area contributed by atoms with Crippen molar-refractivity contribution in [1.29, 1.82) is 0 Å². The summed E-state index contributed by atoms with van der Waals surface area (Å²) in [5.74, 6) is 0.778. The average Bonchev–Trinajstić information content (AvgIpc) is 2.26. The Morgan fingerprint density at radius 3 is 2.94 bits per heavy atom. The van der Waals surface area contributed by atoms with E-state index in [1.54, 1.807) is 7.05 Å². The normalized spacial score (nSPS) is 11.7. The molecule has 0 heterocycles. The third-order valence-electron chi connectivity index (χ3n) is 1.91. The molecule has 2 amide bonds. The van der Waals surface area contributed by atoms with Gasteiger partial charge in [0.15, 0.2) is 0 Å². The number of carbonyl (C=O) groups excluding carboxylic acids is 1.